The minimum Gasteiger partial charge on any atom is -0.356 e. The second-order valence-corrected chi connectivity index (χ2v) is 5.05. The first-order valence-electron chi connectivity index (χ1n) is 4.51. The zero-order chi connectivity index (χ0) is 11.8. The Labute approximate surface area is 92.6 Å². The van der Waals surface area contributed by atoms with Gasteiger partial charge in [-0.3, -0.25) is 5.10 Å². The highest BCUT2D eigenvalue weighted by Crippen LogP contribution is 2.12. The Kier molecular flexibility index (Phi) is 2.43. The van der Waals surface area contributed by atoms with Gasteiger partial charge in [-0.15, -0.1) is 5.10 Å². The van der Waals surface area contributed by atoms with Crippen molar-refractivity contribution >= 4 is 16.0 Å². The van der Waals surface area contributed by atoms with Gasteiger partial charge in [0.05, 0.1) is 0 Å². The molecule has 0 aliphatic carbocycles. The van der Waals surface area contributed by atoms with Gasteiger partial charge in [0.15, 0.2) is 0 Å². The smallest absolute Gasteiger partial charge is 0.265 e. The highest BCUT2D eigenvalue weighted by molar-refractivity contribution is 7.92. The van der Waals surface area contributed by atoms with E-state index in [1.807, 2.05) is 0 Å². The molecule has 0 saturated heterocycles. The van der Waals surface area contributed by atoms with E-state index in [0.29, 0.717) is 5.82 Å². The minimum absolute atomic E-state index is 0.0429. The Morgan fingerprint density at radius 3 is 2.75 bits per heavy atom. The number of sulfonamides is 1. The average molecular weight is 241 g/mol. The van der Waals surface area contributed by atoms with E-state index in [2.05, 4.69) is 19.9 Å². The first kappa shape index (κ1) is 10.7. The topological polar surface area (TPSA) is 92.7 Å². The van der Waals surface area contributed by atoms with Crippen LogP contribution in [0.4, 0.5) is 5.95 Å². The second-order valence-electron chi connectivity index (χ2n) is 3.36. The SMILES string of the molecule is Cc1nc(NS(=O)(=O)c2ccn(C)c2)n[nH]1. The van der Waals surface area contributed by atoms with Gasteiger partial charge < -0.3 is 4.57 Å². The van der Waals surface area contributed by atoms with Gasteiger partial charge in [-0.2, -0.15) is 4.98 Å². The molecule has 2 rings (SSSR count). The molecule has 0 spiro atoms. The zero-order valence-corrected chi connectivity index (χ0v) is 9.61. The molecule has 7 nitrogen and oxygen atoms in total. The fraction of sp³-hybridized carbons (Fsp3) is 0.250. The summed E-state index contributed by atoms with van der Waals surface area (Å²) in [5, 5.41) is 6.25. The molecule has 86 valence electrons. The van der Waals surface area contributed by atoms with Gasteiger partial charge in [0.1, 0.15) is 10.7 Å². The normalized spacial score (nSPS) is 11.6. The molecule has 2 N–H and O–H groups in total. The molecule has 16 heavy (non-hydrogen) atoms. The highest BCUT2D eigenvalue weighted by atomic mass is 32.2. The molecule has 0 radical (unpaired) electrons. The van der Waals surface area contributed by atoms with Crippen LogP contribution in [0.1, 0.15) is 5.82 Å². The van der Waals surface area contributed by atoms with Crippen LogP contribution in [0.2, 0.25) is 0 Å². The van der Waals surface area contributed by atoms with Crippen LogP contribution in [0, 0.1) is 6.92 Å². The van der Waals surface area contributed by atoms with Crippen molar-refractivity contribution in [2.24, 2.45) is 7.05 Å². The lowest BCUT2D eigenvalue weighted by atomic mass is 10.7. The molecule has 0 bridgehead atoms. The summed E-state index contributed by atoms with van der Waals surface area (Å²) in [5.41, 5.74) is 0. The largest absolute Gasteiger partial charge is 0.356 e. The van der Waals surface area contributed by atoms with E-state index < -0.39 is 10.0 Å². The van der Waals surface area contributed by atoms with Crippen LogP contribution in [-0.4, -0.2) is 28.2 Å². The number of nitrogens with zero attached hydrogens (tertiary/aromatic N) is 3. The molecule has 0 aliphatic heterocycles. The molecular formula is C8H11N5O2S. The van der Waals surface area contributed by atoms with Crippen molar-refractivity contribution in [3.63, 3.8) is 0 Å². The van der Waals surface area contributed by atoms with Crippen LogP contribution < -0.4 is 4.72 Å². The lowest BCUT2D eigenvalue weighted by Crippen LogP contribution is -2.13. The Morgan fingerprint density at radius 1 is 1.50 bits per heavy atom. The summed E-state index contributed by atoms with van der Waals surface area (Å²) in [7, 11) is -1.85. The highest BCUT2D eigenvalue weighted by Gasteiger charge is 2.17. The molecule has 0 aliphatic rings. The van der Waals surface area contributed by atoms with Crippen molar-refractivity contribution < 1.29 is 8.42 Å². The van der Waals surface area contributed by atoms with Gasteiger partial charge in [-0.25, -0.2) is 13.1 Å². The Hall–Kier alpha value is -1.83. The number of hydrogen-bond acceptors (Lipinski definition) is 4. The van der Waals surface area contributed by atoms with E-state index in [1.165, 1.54) is 12.3 Å². The zero-order valence-electron chi connectivity index (χ0n) is 8.80. The second kappa shape index (κ2) is 3.63. The molecule has 0 amide bonds. The third-order valence-corrected chi connectivity index (χ3v) is 3.25. The molecule has 0 saturated carbocycles. The van der Waals surface area contributed by atoms with Crippen molar-refractivity contribution in [2.45, 2.75) is 11.8 Å². The third-order valence-electron chi connectivity index (χ3n) is 1.94. The Morgan fingerprint density at radius 2 is 2.25 bits per heavy atom. The first-order chi connectivity index (χ1) is 7.47. The van der Waals surface area contributed by atoms with Crippen molar-refractivity contribution in [3.05, 3.63) is 24.3 Å². The fourth-order valence-corrected chi connectivity index (χ4v) is 2.20. The van der Waals surface area contributed by atoms with E-state index in [9.17, 15) is 8.42 Å². The van der Waals surface area contributed by atoms with Crippen molar-refractivity contribution in [1.82, 2.24) is 19.7 Å². The van der Waals surface area contributed by atoms with Gasteiger partial charge in [-0.1, -0.05) is 0 Å². The van der Waals surface area contributed by atoms with Crippen molar-refractivity contribution in [1.29, 1.82) is 0 Å². The maximum absolute atomic E-state index is 11.8. The summed E-state index contributed by atoms with van der Waals surface area (Å²) < 4.78 is 27.5. The Balaban J connectivity index is 2.27. The number of nitrogens with one attached hydrogen (secondary N) is 2. The first-order valence-corrected chi connectivity index (χ1v) is 5.99. The lowest BCUT2D eigenvalue weighted by Gasteiger charge is -2.00. The molecule has 2 aromatic heterocycles. The average Bonchev–Trinajstić information content (AvgIpc) is 2.75. The van der Waals surface area contributed by atoms with Crippen LogP contribution in [-0.2, 0) is 17.1 Å². The van der Waals surface area contributed by atoms with Crippen LogP contribution in [0.5, 0.6) is 0 Å². The number of hydrogen-bond donors (Lipinski definition) is 2. The number of H-pyrrole nitrogens is 1. The number of rotatable bonds is 3. The number of aryl methyl sites for hydroxylation is 2. The number of aromatic amines is 1. The molecule has 2 heterocycles. The van der Waals surface area contributed by atoms with E-state index in [0.717, 1.165) is 0 Å². The predicted molar refractivity (Wildman–Crippen MR) is 57.3 cm³/mol. The van der Waals surface area contributed by atoms with Crippen LogP contribution in [0.15, 0.2) is 23.4 Å². The van der Waals surface area contributed by atoms with Gasteiger partial charge in [0.2, 0.25) is 0 Å². The standard InChI is InChI=1S/C8H11N5O2S/c1-6-9-8(11-10-6)12-16(14,15)7-3-4-13(2)5-7/h3-5H,1-2H3,(H2,9,10,11,12). The van der Waals surface area contributed by atoms with Gasteiger partial charge in [0.25, 0.3) is 16.0 Å². The van der Waals surface area contributed by atoms with E-state index >= 15 is 0 Å². The molecule has 0 unspecified atom stereocenters. The summed E-state index contributed by atoms with van der Waals surface area (Å²) in [6.07, 6.45) is 3.15. The van der Waals surface area contributed by atoms with Gasteiger partial charge in [0, 0.05) is 19.4 Å². The summed E-state index contributed by atoms with van der Waals surface area (Å²) in [5.74, 6) is 0.590. The predicted octanol–water partition coefficient (Wildman–Crippen LogP) is 0.252. The molecule has 0 fully saturated rings. The van der Waals surface area contributed by atoms with Crippen molar-refractivity contribution in [2.75, 3.05) is 4.72 Å². The van der Waals surface area contributed by atoms with E-state index in [-0.39, 0.29) is 10.8 Å². The molecule has 8 heteroatoms. The van der Waals surface area contributed by atoms with Gasteiger partial charge >= 0.3 is 0 Å². The van der Waals surface area contributed by atoms with Gasteiger partial charge in [-0.05, 0) is 13.0 Å². The van der Waals surface area contributed by atoms with Crippen molar-refractivity contribution in [3.8, 4) is 0 Å². The maximum Gasteiger partial charge on any atom is 0.265 e. The molecular weight excluding hydrogens is 230 g/mol. The Bertz CT molecular complexity index is 597. The number of aromatic nitrogens is 4. The van der Waals surface area contributed by atoms with E-state index in [4.69, 9.17) is 0 Å². The summed E-state index contributed by atoms with van der Waals surface area (Å²) in [6, 6.07) is 1.50. The quantitative estimate of drug-likeness (QED) is 0.805. The van der Waals surface area contributed by atoms with Crippen LogP contribution in [0.25, 0.3) is 0 Å². The molecule has 0 aromatic carbocycles. The summed E-state index contributed by atoms with van der Waals surface area (Å²) in [4.78, 5) is 4.04. The monoisotopic (exact) mass is 241 g/mol. The summed E-state index contributed by atoms with van der Waals surface area (Å²) in [6.45, 7) is 1.69. The fourth-order valence-electron chi connectivity index (χ4n) is 1.20. The molecule has 0 atom stereocenters. The maximum atomic E-state index is 11.8. The van der Waals surface area contributed by atoms with Crippen LogP contribution >= 0.6 is 0 Å². The lowest BCUT2D eigenvalue weighted by molar-refractivity contribution is 0.600. The minimum atomic E-state index is -3.59. The molecule has 2 aromatic rings. The van der Waals surface area contributed by atoms with Crippen LogP contribution in [0.3, 0.4) is 0 Å². The summed E-state index contributed by atoms with van der Waals surface area (Å²) >= 11 is 0. The number of anilines is 1. The van der Waals surface area contributed by atoms with E-state index in [1.54, 1.807) is 24.7 Å². The third kappa shape index (κ3) is 2.06.